The number of aliphatic carboxylic acids is 1. The van der Waals surface area contributed by atoms with Crippen LogP contribution in [-0.4, -0.2) is 53.7 Å². The highest BCUT2D eigenvalue weighted by atomic mass is 16.5. The molecule has 2 aliphatic carbocycles. The number of carboxylic acid groups (broad SMARTS) is 1. The summed E-state index contributed by atoms with van der Waals surface area (Å²) in [6.45, 7) is 1.40. The average Bonchev–Trinajstić information content (AvgIpc) is 3.49. The lowest BCUT2D eigenvalue weighted by Gasteiger charge is -2.24. The molecule has 33 heavy (non-hydrogen) atoms. The number of benzene rings is 2. The zero-order valence-electron chi connectivity index (χ0n) is 18.4. The van der Waals surface area contributed by atoms with Crippen molar-refractivity contribution in [3.05, 3.63) is 59.7 Å². The van der Waals surface area contributed by atoms with Gasteiger partial charge >= 0.3 is 12.1 Å². The normalized spacial score (nSPS) is 21.8. The van der Waals surface area contributed by atoms with Crippen molar-refractivity contribution in [2.24, 2.45) is 11.8 Å². The number of hydrogen-bond donors (Lipinski definition) is 2. The molecule has 0 spiro atoms. The lowest BCUT2D eigenvalue weighted by Crippen LogP contribution is -2.49. The van der Waals surface area contributed by atoms with Crippen molar-refractivity contribution in [2.45, 2.75) is 37.6 Å². The van der Waals surface area contributed by atoms with Gasteiger partial charge in [0, 0.05) is 19.0 Å². The number of fused-ring (bicyclic) bond motifs is 4. The largest absolute Gasteiger partial charge is 0.481 e. The number of alkyl carbamates (subject to hydrolysis) is 1. The highest BCUT2D eigenvalue weighted by Gasteiger charge is 2.40. The molecule has 2 aromatic carbocycles. The first kappa shape index (κ1) is 21.5. The van der Waals surface area contributed by atoms with Crippen LogP contribution in [0.3, 0.4) is 0 Å². The molecule has 2 fully saturated rings. The topological polar surface area (TPSA) is 95.9 Å². The summed E-state index contributed by atoms with van der Waals surface area (Å²) in [5, 5.41) is 11.8. The lowest BCUT2D eigenvalue weighted by molar-refractivity contribution is -0.142. The molecule has 1 heterocycles. The van der Waals surface area contributed by atoms with E-state index in [1.807, 2.05) is 36.4 Å². The number of carbonyl (C=O) groups excluding carboxylic acids is 2. The summed E-state index contributed by atoms with van der Waals surface area (Å²) in [5.74, 6) is -0.579. The molecule has 2 aromatic rings. The second kappa shape index (κ2) is 8.89. The predicted octanol–water partition coefficient (Wildman–Crippen LogP) is 3.63. The van der Waals surface area contributed by atoms with E-state index in [0.29, 0.717) is 24.9 Å². The maximum atomic E-state index is 13.0. The number of nitrogens with one attached hydrogen (secondary N) is 1. The Balaban J connectivity index is 1.24. The van der Waals surface area contributed by atoms with Crippen molar-refractivity contribution in [1.82, 2.24) is 10.2 Å². The predicted molar refractivity (Wildman–Crippen MR) is 122 cm³/mol. The summed E-state index contributed by atoms with van der Waals surface area (Å²) in [6.07, 6.45) is 2.18. The second-order valence-electron chi connectivity index (χ2n) is 9.31. The average molecular weight is 449 g/mol. The van der Waals surface area contributed by atoms with Gasteiger partial charge in [-0.1, -0.05) is 55.0 Å². The Morgan fingerprint density at radius 1 is 0.970 bits per heavy atom. The molecule has 7 heteroatoms. The molecule has 7 nitrogen and oxygen atoms in total. The maximum Gasteiger partial charge on any atom is 0.407 e. The fraction of sp³-hybridized carbons (Fsp3) is 0.423. The van der Waals surface area contributed by atoms with Crippen LogP contribution in [0.1, 0.15) is 42.7 Å². The van der Waals surface area contributed by atoms with Gasteiger partial charge < -0.3 is 20.1 Å². The summed E-state index contributed by atoms with van der Waals surface area (Å²) in [7, 11) is 0. The van der Waals surface area contributed by atoms with Crippen LogP contribution in [0.5, 0.6) is 0 Å². The minimum absolute atomic E-state index is 0.102. The molecular weight excluding hydrogens is 420 g/mol. The third kappa shape index (κ3) is 4.19. The van der Waals surface area contributed by atoms with Crippen molar-refractivity contribution in [2.75, 3.05) is 19.7 Å². The number of carboxylic acids is 1. The van der Waals surface area contributed by atoms with Crippen LogP contribution in [0.4, 0.5) is 4.79 Å². The first-order valence-electron chi connectivity index (χ1n) is 11.6. The number of ether oxygens (including phenoxy) is 1. The van der Waals surface area contributed by atoms with Gasteiger partial charge in [-0.2, -0.15) is 0 Å². The molecular formula is C26H28N2O5. The smallest absolute Gasteiger partial charge is 0.407 e. The first-order valence-corrected chi connectivity index (χ1v) is 11.6. The molecule has 1 saturated carbocycles. The standard InChI is InChI=1S/C26H28N2O5/c29-24(30)12-23(25(31)28-13-16-6-5-7-17(16)14-28)27-26(32)33-15-22-20-10-3-1-8-18(20)19-9-2-4-11-21(19)22/h1-4,8-11,16-17,22-23H,5-7,12-15H2,(H,27,32)(H,29,30). The second-order valence-corrected chi connectivity index (χ2v) is 9.31. The van der Waals surface area contributed by atoms with Crippen molar-refractivity contribution in [3.63, 3.8) is 0 Å². The van der Waals surface area contributed by atoms with Gasteiger partial charge in [-0.25, -0.2) is 4.79 Å². The zero-order valence-corrected chi connectivity index (χ0v) is 18.4. The zero-order chi connectivity index (χ0) is 22.9. The van der Waals surface area contributed by atoms with Gasteiger partial charge in [0.25, 0.3) is 0 Å². The van der Waals surface area contributed by atoms with Crippen LogP contribution < -0.4 is 5.32 Å². The molecule has 0 bridgehead atoms. The van der Waals surface area contributed by atoms with Gasteiger partial charge in [0.15, 0.2) is 0 Å². The van der Waals surface area contributed by atoms with Crippen molar-refractivity contribution in [1.29, 1.82) is 0 Å². The number of carbonyl (C=O) groups is 3. The molecule has 2 amide bonds. The summed E-state index contributed by atoms with van der Waals surface area (Å²) in [4.78, 5) is 38.8. The van der Waals surface area contributed by atoms with Gasteiger partial charge in [-0.3, -0.25) is 9.59 Å². The van der Waals surface area contributed by atoms with Crippen LogP contribution in [0, 0.1) is 11.8 Å². The third-order valence-corrected chi connectivity index (χ3v) is 7.35. The van der Waals surface area contributed by atoms with Crippen LogP contribution in [0.15, 0.2) is 48.5 Å². The number of rotatable bonds is 6. The van der Waals surface area contributed by atoms with Crippen LogP contribution >= 0.6 is 0 Å². The summed E-state index contributed by atoms with van der Waals surface area (Å²) < 4.78 is 5.53. The van der Waals surface area contributed by atoms with E-state index in [0.717, 1.165) is 35.1 Å². The molecule has 1 aliphatic heterocycles. The SMILES string of the molecule is O=C(O)CC(NC(=O)OCC1c2ccccc2-c2ccccc21)C(=O)N1CC2CCCC2C1. The molecule has 5 rings (SSSR count). The number of hydrogen-bond acceptors (Lipinski definition) is 4. The van der Waals surface area contributed by atoms with Crippen LogP contribution in [0.2, 0.25) is 0 Å². The highest BCUT2D eigenvalue weighted by molar-refractivity contribution is 5.89. The van der Waals surface area contributed by atoms with Crippen molar-refractivity contribution in [3.8, 4) is 11.1 Å². The molecule has 3 unspecified atom stereocenters. The lowest BCUT2D eigenvalue weighted by atomic mass is 9.98. The molecule has 2 N–H and O–H groups in total. The highest BCUT2D eigenvalue weighted by Crippen LogP contribution is 2.44. The molecule has 3 atom stereocenters. The van der Waals surface area contributed by atoms with Gasteiger partial charge in [0.2, 0.25) is 5.91 Å². The van der Waals surface area contributed by atoms with E-state index in [2.05, 4.69) is 17.4 Å². The van der Waals surface area contributed by atoms with Crippen molar-refractivity contribution < 1.29 is 24.2 Å². The molecule has 0 aromatic heterocycles. The Hall–Kier alpha value is -3.35. The van der Waals surface area contributed by atoms with E-state index in [1.54, 1.807) is 4.90 Å². The molecule has 172 valence electrons. The molecule has 3 aliphatic rings. The minimum Gasteiger partial charge on any atom is -0.481 e. The minimum atomic E-state index is -1.13. The van der Waals surface area contributed by atoms with E-state index in [9.17, 15) is 19.5 Å². The van der Waals surface area contributed by atoms with E-state index in [-0.39, 0.29) is 18.4 Å². The first-order chi connectivity index (χ1) is 16.0. The van der Waals surface area contributed by atoms with Crippen molar-refractivity contribution >= 4 is 18.0 Å². The fourth-order valence-electron chi connectivity index (χ4n) is 5.79. The Morgan fingerprint density at radius 3 is 2.12 bits per heavy atom. The third-order valence-electron chi connectivity index (χ3n) is 7.35. The quantitative estimate of drug-likeness (QED) is 0.704. The van der Waals surface area contributed by atoms with E-state index in [4.69, 9.17) is 4.74 Å². The molecule has 0 radical (unpaired) electrons. The summed E-state index contributed by atoms with van der Waals surface area (Å²) >= 11 is 0. The van der Waals surface area contributed by atoms with E-state index >= 15 is 0 Å². The maximum absolute atomic E-state index is 13.0. The Labute approximate surface area is 192 Å². The monoisotopic (exact) mass is 448 g/mol. The van der Waals surface area contributed by atoms with Crippen LogP contribution in [0.25, 0.3) is 11.1 Å². The van der Waals surface area contributed by atoms with E-state index in [1.165, 1.54) is 6.42 Å². The van der Waals surface area contributed by atoms with Gasteiger partial charge in [0.1, 0.15) is 12.6 Å². The van der Waals surface area contributed by atoms with Crippen LogP contribution in [-0.2, 0) is 14.3 Å². The summed E-state index contributed by atoms with van der Waals surface area (Å²) in [6, 6.07) is 14.9. The number of nitrogens with zero attached hydrogens (tertiary/aromatic N) is 1. The Kier molecular flexibility index (Phi) is 5.79. The number of likely N-dealkylation sites (tertiary alicyclic amines) is 1. The Morgan fingerprint density at radius 2 is 1.55 bits per heavy atom. The van der Waals surface area contributed by atoms with Gasteiger partial charge in [-0.15, -0.1) is 0 Å². The van der Waals surface area contributed by atoms with Gasteiger partial charge in [0.05, 0.1) is 6.42 Å². The fourth-order valence-corrected chi connectivity index (χ4v) is 5.79. The van der Waals surface area contributed by atoms with Gasteiger partial charge in [-0.05, 0) is 46.9 Å². The van der Waals surface area contributed by atoms with E-state index < -0.39 is 24.5 Å². The number of amides is 2. The summed E-state index contributed by atoms with van der Waals surface area (Å²) in [5.41, 5.74) is 4.43. The Bertz CT molecular complexity index is 1030. The molecule has 1 saturated heterocycles.